The standard InChI is InChI=1S/C35H69N/c1-11-32(7)34(9)33(8)23-19-14-13-16-20-24-36(10)25-21-17-15-18-22-30(5)27-31(6)28-35(12-2)26-29(3)4/h17,21,28-34H,11-16,18-20,22-27H2,1-10H3. The molecule has 0 rings (SSSR count). The molecule has 1 nitrogen and oxygen atoms in total. The third-order valence-corrected chi connectivity index (χ3v) is 8.71. The molecule has 0 saturated carbocycles. The van der Waals surface area contributed by atoms with Crippen molar-refractivity contribution < 1.29 is 0 Å². The number of rotatable bonds is 23. The summed E-state index contributed by atoms with van der Waals surface area (Å²) in [6.45, 7) is 23.9. The summed E-state index contributed by atoms with van der Waals surface area (Å²) in [6.07, 6.45) is 24.9. The van der Waals surface area contributed by atoms with Gasteiger partial charge in [-0.05, 0) is 87.6 Å². The zero-order chi connectivity index (χ0) is 27.3. The molecule has 0 N–H and O–H groups in total. The third-order valence-electron chi connectivity index (χ3n) is 8.71. The lowest BCUT2D eigenvalue weighted by molar-refractivity contribution is 0.254. The first-order valence-corrected chi connectivity index (χ1v) is 16.1. The van der Waals surface area contributed by atoms with Gasteiger partial charge >= 0.3 is 0 Å². The molecule has 0 saturated heterocycles. The van der Waals surface area contributed by atoms with Gasteiger partial charge in [-0.3, -0.25) is 0 Å². The minimum absolute atomic E-state index is 0.722. The molecule has 0 amide bonds. The van der Waals surface area contributed by atoms with Gasteiger partial charge in [-0.25, -0.2) is 0 Å². The van der Waals surface area contributed by atoms with Crippen LogP contribution in [0.4, 0.5) is 0 Å². The van der Waals surface area contributed by atoms with E-state index in [-0.39, 0.29) is 0 Å². The van der Waals surface area contributed by atoms with E-state index in [1.807, 2.05) is 0 Å². The normalized spacial score (nSPS) is 17.2. The van der Waals surface area contributed by atoms with Gasteiger partial charge in [-0.1, -0.05) is 131 Å². The average Bonchev–Trinajstić information content (AvgIpc) is 2.83. The maximum absolute atomic E-state index is 2.57. The predicted octanol–water partition coefficient (Wildman–Crippen LogP) is 11.3. The minimum atomic E-state index is 0.722. The Hall–Kier alpha value is -0.560. The number of hydrogen-bond donors (Lipinski definition) is 0. The fourth-order valence-electron chi connectivity index (χ4n) is 5.70. The predicted molar refractivity (Wildman–Crippen MR) is 167 cm³/mol. The molecule has 214 valence electrons. The van der Waals surface area contributed by atoms with Crippen molar-refractivity contribution in [3.05, 3.63) is 23.8 Å². The fourth-order valence-corrected chi connectivity index (χ4v) is 5.70. The van der Waals surface area contributed by atoms with Gasteiger partial charge in [-0.2, -0.15) is 0 Å². The molecule has 0 aromatic heterocycles. The van der Waals surface area contributed by atoms with Crippen LogP contribution >= 0.6 is 0 Å². The highest BCUT2D eigenvalue weighted by molar-refractivity contribution is 5.04. The topological polar surface area (TPSA) is 3.24 Å². The van der Waals surface area contributed by atoms with Crippen LogP contribution in [0.2, 0.25) is 0 Å². The van der Waals surface area contributed by atoms with E-state index >= 15 is 0 Å². The summed E-state index contributed by atoms with van der Waals surface area (Å²) in [4.78, 5) is 2.49. The van der Waals surface area contributed by atoms with Crippen molar-refractivity contribution in [2.24, 2.45) is 35.5 Å². The van der Waals surface area contributed by atoms with E-state index in [0.29, 0.717) is 0 Å². The van der Waals surface area contributed by atoms with Gasteiger partial charge < -0.3 is 4.90 Å². The van der Waals surface area contributed by atoms with Crippen LogP contribution in [0.25, 0.3) is 0 Å². The van der Waals surface area contributed by atoms with Gasteiger partial charge in [0.15, 0.2) is 0 Å². The van der Waals surface area contributed by atoms with E-state index in [1.54, 1.807) is 5.57 Å². The van der Waals surface area contributed by atoms with E-state index in [9.17, 15) is 0 Å². The van der Waals surface area contributed by atoms with Crippen LogP contribution in [0.3, 0.4) is 0 Å². The Morgan fingerprint density at radius 1 is 0.750 bits per heavy atom. The van der Waals surface area contributed by atoms with Crippen molar-refractivity contribution in [1.82, 2.24) is 4.90 Å². The second-order valence-corrected chi connectivity index (χ2v) is 13.0. The largest absolute Gasteiger partial charge is 0.303 e. The number of allylic oxidation sites excluding steroid dienone is 3. The Morgan fingerprint density at radius 3 is 2.06 bits per heavy atom. The Labute approximate surface area is 230 Å². The molecule has 0 aliphatic heterocycles. The average molecular weight is 504 g/mol. The second-order valence-electron chi connectivity index (χ2n) is 13.0. The Balaban J connectivity index is 3.80. The molecule has 0 spiro atoms. The Morgan fingerprint density at radius 2 is 1.42 bits per heavy atom. The zero-order valence-corrected chi connectivity index (χ0v) is 26.7. The summed E-state index contributed by atoms with van der Waals surface area (Å²) < 4.78 is 0. The summed E-state index contributed by atoms with van der Waals surface area (Å²) >= 11 is 0. The second kappa shape index (κ2) is 22.4. The van der Waals surface area contributed by atoms with Crippen LogP contribution in [0.5, 0.6) is 0 Å². The molecule has 5 unspecified atom stereocenters. The molecule has 0 aliphatic carbocycles. The molecule has 0 aromatic rings. The fraction of sp³-hybridized carbons (Fsp3) is 0.886. The highest BCUT2D eigenvalue weighted by Gasteiger charge is 2.17. The molecule has 36 heavy (non-hydrogen) atoms. The van der Waals surface area contributed by atoms with Gasteiger partial charge in [0.05, 0.1) is 0 Å². The summed E-state index contributed by atoms with van der Waals surface area (Å²) in [5, 5.41) is 0. The molecular weight excluding hydrogens is 434 g/mol. The molecular formula is C35H69N. The van der Waals surface area contributed by atoms with Crippen molar-refractivity contribution in [1.29, 1.82) is 0 Å². The zero-order valence-electron chi connectivity index (χ0n) is 26.7. The molecule has 0 aromatic carbocycles. The van der Waals surface area contributed by atoms with Crippen molar-refractivity contribution in [3.63, 3.8) is 0 Å². The molecule has 0 bridgehead atoms. The monoisotopic (exact) mass is 504 g/mol. The Bertz CT molecular complexity index is 545. The van der Waals surface area contributed by atoms with Gasteiger partial charge in [-0.15, -0.1) is 0 Å². The molecule has 1 heteroatoms. The van der Waals surface area contributed by atoms with Crippen molar-refractivity contribution >= 4 is 0 Å². The molecule has 5 atom stereocenters. The van der Waals surface area contributed by atoms with Crippen LogP contribution in [0, 0.1) is 35.5 Å². The van der Waals surface area contributed by atoms with Crippen molar-refractivity contribution in [2.75, 3.05) is 20.1 Å². The number of unbranched alkanes of at least 4 members (excludes halogenated alkanes) is 5. The lowest BCUT2D eigenvalue weighted by Crippen LogP contribution is -2.19. The molecule has 0 radical (unpaired) electrons. The van der Waals surface area contributed by atoms with Gasteiger partial charge in [0.2, 0.25) is 0 Å². The lowest BCUT2D eigenvalue weighted by atomic mass is 9.81. The Kier molecular flexibility index (Phi) is 22.1. The smallest absolute Gasteiger partial charge is 0.0160 e. The van der Waals surface area contributed by atoms with Gasteiger partial charge in [0.25, 0.3) is 0 Å². The molecule has 0 fully saturated rings. The summed E-state index contributed by atoms with van der Waals surface area (Å²) in [6, 6.07) is 0. The molecule has 0 aliphatic rings. The van der Waals surface area contributed by atoms with E-state index in [4.69, 9.17) is 0 Å². The number of likely N-dealkylation sites (N-methyl/N-ethyl adjacent to an activating group) is 1. The lowest BCUT2D eigenvalue weighted by Gasteiger charge is -2.25. The maximum atomic E-state index is 2.57. The van der Waals surface area contributed by atoms with Crippen molar-refractivity contribution in [2.45, 2.75) is 146 Å². The summed E-state index contributed by atoms with van der Waals surface area (Å²) in [5.74, 6) is 4.96. The third kappa shape index (κ3) is 19.5. The first kappa shape index (κ1) is 35.4. The van der Waals surface area contributed by atoms with E-state index in [0.717, 1.165) is 42.1 Å². The number of hydrogen-bond acceptors (Lipinski definition) is 1. The van der Waals surface area contributed by atoms with Crippen LogP contribution in [-0.2, 0) is 0 Å². The first-order chi connectivity index (χ1) is 17.1. The SMILES string of the molecule is CCC(=CC(C)CC(C)CCCC=CCN(C)CCCCCCCC(C)C(C)C(C)CC)CC(C)C. The van der Waals surface area contributed by atoms with E-state index in [1.165, 1.54) is 90.0 Å². The number of nitrogens with zero attached hydrogens (tertiary/aromatic N) is 1. The highest BCUT2D eigenvalue weighted by atomic mass is 15.1. The highest BCUT2D eigenvalue weighted by Crippen LogP contribution is 2.27. The van der Waals surface area contributed by atoms with Crippen LogP contribution in [-0.4, -0.2) is 25.0 Å². The van der Waals surface area contributed by atoms with Crippen molar-refractivity contribution in [3.8, 4) is 0 Å². The van der Waals surface area contributed by atoms with Crippen LogP contribution in [0.15, 0.2) is 23.8 Å². The van der Waals surface area contributed by atoms with E-state index in [2.05, 4.69) is 92.5 Å². The van der Waals surface area contributed by atoms with Gasteiger partial charge in [0, 0.05) is 6.54 Å². The van der Waals surface area contributed by atoms with Gasteiger partial charge in [0.1, 0.15) is 0 Å². The summed E-state index contributed by atoms with van der Waals surface area (Å²) in [5.41, 5.74) is 1.66. The maximum Gasteiger partial charge on any atom is 0.0160 e. The molecule has 0 heterocycles. The quantitative estimate of drug-likeness (QED) is 0.0989. The minimum Gasteiger partial charge on any atom is -0.303 e. The van der Waals surface area contributed by atoms with Crippen LogP contribution in [0.1, 0.15) is 146 Å². The first-order valence-electron chi connectivity index (χ1n) is 16.1. The van der Waals surface area contributed by atoms with E-state index < -0.39 is 0 Å². The summed E-state index contributed by atoms with van der Waals surface area (Å²) in [7, 11) is 2.28. The van der Waals surface area contributed by atoms with Crippen LogP contribution < -0.4 is 0 Å².